The van der Waals surface area contributed by atoms with Crippen LogP contribution in [0.5, 0.6) is 0 Å². The number of nitriles is 1. The van der Waals surface area contributed by atoms with Gasteiger partial charge in [-0.25, -0.2) is 0 Å². The Morgan fingerprint density at radius 1 is 1.05 bits per heavy atom. The Balaban J connectivity index is 1.94. The minimum absolute atomic E-state index is 0.364. The van der Waals surface area contributed by atoms with Crippen LogP contribution in [-0.4, -0.2) is 11.8 Å². The summed E-state index contributed by atoms with van der Waals surface area (Å²) < 4.78 is 0. The highest BCUT2D eigenvalue weighted by Gasteiger charge is 2.09. The SMILES string of the molecule is N#Cc1ccc(C(=O)NNC(=O)c2cccs2)cc1. The van der Waals surface area contributed by atoms with E-state index in [4.69, 9.17) is 5.26 Å². The lowest BCUT2D eigenvalue weighted by Gasteiger charge is -2.06. The van der Waals surface area contributed by atoms with E-state index >= 15 is 0 Å². The van der Waals surface area contributed by atoms with Crippen molar-refractivity contribution in [2.75, 3.05) is 0 Å². The number of nitrogens with one attached hydrogen (secondary N) is 2. The molecule has 2 aromatic rings. The van der Waals surface area contributed by atoms with E-state index in [1.165, 1.54) is 35.6 Å². The Morgan fingerprint density at radius 3 is 2.32 bits per heavy atom. The molecule has 0 aliphatic heterocycles. The number of rotatable bonds is 2. The van der Waals surface area contributed by atoms with E-state index < -0.39 is 5.91 Å². The number of nitrogens with zero attached hydrogens (tertiary/aromatic N) is 1. The summed E-state index contributed by atoms with van der Waals surface area (Å²) in [5.74, 6) is -0.800. The van der Waals surface area contributed by atoms with Gasteiger partial charge >= 0.3 is 0 Å². The van der Waals surface area contributed by atoms with Gasteiger partial charge in [-0.1, -0.05) is 6.07 Å². The summed E-state index contributed by atoms with van der Waals surface area (Å²) >= 11 is 1.28. The third-order valence-corrected chi connectivity index (χ3v) is 3.18. The molecule has 0 aliphatic carbocycles. The van der Waals surface area contributed by atoms with Crippen LogP contribution in [0.2, 0.25) is 0 Å². The molecule has 0 radical (unpaired) electrons. The lowest BCUT2D eigenvalue weighted by atomic mass is 10.1. The second-order valence-electron chi connectivity index (χ2n) is 3.57. The van der Waals surface area contributed by atoms with E-state index in [2.05, 4.69) is 10.9 Å². The van der Waals surface area contributed by atoms with Crippen molar-refractivity contribution in [1.29, 1.82) is 5.26 Å². The van der Waals surface area contributed by atoms with Gasteiger partial charge in [-0.15, -0.1) is 11.3 Å². The monoisotopic (exact) mass is 271 g/mol. The molecular weight excluding hydrogens is 262 g/mol. The summed E-state index contributed by atoms with van der Waals surface area (Å²) in [6.45, 7) is 0. The Labute approximate surface area is 113 Å². The molecule has 0 atom stereocenters. The fourth-order valence-corrected chi connectivity index (χ4v) is 1.97. The normalized spacial score (nSPS) is 9.42. The number of hydrazine groups is 1. The third-order valence-electron chi connectivity index (χ3n) is 2.31. The highest BCUT2D eigenvalue weighted by atomic mass is 32.1. The van der Waals surface area contributed by atoms with Gasteiger partial charge < -0.3 is 0 Å². The summed E-state index contributed by atoms with van der Waals surface area (Å²) in [6, 6.07) is 11.5. The molecule has 19 heavy (non-hydrogen) atoms. The summed E-state index contributed by atoms with van der Waals surface area (Å²) in [7, 11) is 0. The number of thiophene rings is 1. The number of benzene rings is 1. The van der Waals surface area contributed by atoms with Gasteiger partial charge in [0, 0.05) is 5.56 Å². The molecule has 6 heteroatoms. The van der Waals surface area contributed by atoms with Crippen LogP contribution in [0.25, 0.3) is 0 Å². The van der Waals surface area contributed by atoms with Gasteiger partial charge in [0.2, 0.25) is 0 Å². The van der Waals surface area contributed by atoms with Crippen molar-refractivity contribution >= 4 is 23.2 Å². The highest BCUT2D eigenvalue weighted by molar-refractivity contribution is 7.12. The van der Waals surface area contributed by atoms with Crippen LogP contribution >= 0.6 is 11.3 Å². The van der Waals surface area contributed by atoms with Gasteiger partial charge in [-0.2, -0.15) is 5.26 Å². The second-order valence-corrected chi connectivity index (χ2v) is 4.52. The highest BCUT2D eigenvalue weighted by Crippen LogP contribution is 2.07. The first-order chi connectivity index (χ1) is 9.20. The third kappa shape index (κ3) is 3.18. The average Bonchev–Trinajstić information content (AvgIpc) is 2.98. The van der Waals surface area contributed by atoms with Gasteiger partial charge in [0.1, 0.15) is 0 Å². The van der Waals surface area contributed by atoms with Crippen molar-refractivity contribution < 1.29 is 9.59 Å². The van der Waals surface area contributed by atoms with E-state index in [-0.39, 0.29) is 5.91 Å². The van der Waals surface area contributed by atoms with Gasteiger partial charge in [-0.05, 0) is 35.7 Å². The molecule has 1 aromatic heterocycles. The fourth-order valence-electron chi connectivity index (χ4n) is 1.35. The molecule has 0 saturated carbocycles. The van der Waals surface area contributed by atoms with E-state index in [9.17, 15) is 9.59 Å². The first kappa shape index (κ1) is 12.8. The minimum atomic E-state index is -0.436. The van der Waals surface area contributed by atoms with Crippen LogP contribution in [-0.2, 0) is 0 Å². The quantitative estimate of drug-likeness (QED) is 0.815. The molecule has 2 N–H and O–H groups in total. The zero-order valence-electron chi connectivity index (χ0n) is 9.71. The van der Waals surface area contributed by atoms with Crippen LogP contribution in [0, 0.1) is 11.3 Å². The maximum atomic E-state index is 11.7. The van der Waals surface area contributed by atoms with E-state index in [0.717, 1.165) is 0 Å². The molecule has 94 valence electrons. The lowest BCUT2D eigenvalue weighted by molar-refractivity contribution is 0.0849. The number of hydrogen-bond donors (Lipinski definition) is 2. The molecule has 0 bridgehead atoms. The molecule has 0 aliphatic rings. The van der Waals surface area contributed by atoms with E-state index in [1.807, 2.05) is 6.07 Å². The van der Waals surface area contributed by atoms with Crippen molar-refractivity contribution in [3.8, 4) is 6.07 Å². The lowest BCUT2D eigenvalue weighted by Crippen LogP contribution is -2.41. The molecule has 0 saturated heterocycles. The smallest absolute Gasteiger partial charge is 0.267 e. The molecule has 2 rings (SSSR count). The summed E-state index contributed by atoms with van der Waals surface area (Å²) in [4.78, 5) is 23.8. The molecule has 1 aromatic carbocycles. The number of carbonyl (C=O) groups excluding carboxylic acids is 2. The van der Waals surface area contributed by atoms with Crippen LogP contribution in [0.3, 0.4) is 0 Å². The van der Waals surface area contributed by atoms with Gasteiger partial charge in [0.05, 0.1) is 16.5 Å². The average molecular weight is 271 g/mol. The van der Waals surface area contributed by atoms with Crippen LogP contribution in [0.1, 0.15) is 25.6 Å². The standard InChI is InChI=1S/C13H9N3O2S/c14-8-9-3-5-10(6-4-9)12(17)15-16-13(18)11-2-1-7-19-11/h1-7H,(H,15,17)(H,16,18). The van der Waals surface area contributed by atoms with Crippen LogP contribution < -0.4 is 10.9 Å². The van der Waals surface area contributed by atoms with Crippen molar-refractivity contribution in [2.45, 2.75) is 0 Å². The minimum Gasteiger partial charge on any atom is -0.267 e. The number of hydrogen-bond acceptors (Lipinski definition) is 4. The molecular formula is C13H9N3O2S. The maximum Gasteiger partial charge on any atom is 0.279 e. The first-order valence-corrected chi connectivity index (χ1v) is 6.23. The zero-order valence-corrected chi connectivity index (χ0v) is 10.5. The summed E-state index contributed by atoms with van der Waals surface area (Å²) in [6.07, 6.45) is 0. The van der Waals surface area contributed by atoms with Gasteiger partial charge in [0.15, 0.2) is 0 Å². The van der Waals surface area contributed by atoms with E-state index in [1.54, 1.807) is 17.5 Å². The Bertz CT molecular complexity index is 627. The molecule has 0 fully saturated rings. The summed E-state index contributed by atoms with van der Waals surface area (Å²) in [5.41, 5.74) is 5.47. The van der Waals surface area contributed by atoms with Crippen molar-refractivity contribution in [2.24, 2.45) is 0 Å². The van der Waals surface area contributed by atoms with Crippen LogP contribution in [0.15, 0.2) is 41.8 Å². The van der Waals surface area contributed by atoms with E-state index in [0.29, 0.717) is 16.0 Å². The fraction of sp³-hybridized carbons (Fsp3) is 0. The number of carbonyl (C=O) groups is 2. The molecule has 0 spiro atoms. The van der Waals surface area contributed by atoms with Gasteiger partial charge in [-0.3, -0.25) is 20.4 Å². The van der Waals surface area contributed by atoms with Crippen molar-refractivity contribution in [1.82, 2.24) is 10.9 Å². The Morgan fingerprint density at radius 2 is 1.74 bits per heavy atom. The molecule has 0 unspecified atom stereocenters. The molecule has 2 amide bonds. The molecule has 1 heterocycles. The van der Waals surface area contributed by atoms with Gasteiger partial charge in [0.25, 0.3) is 11.8 Å². The Kier molecular flexibility index (Phi) is 3.90. The summed E-state index contributed by atoms with van der Waals surface area (Å²) in [5, 5.41) is 10.4. The number of amides is 2. The topological polar surface area (TPSA) is 82.0 Å². The van der Waals surface area contributed by atoms with Crippen molar-refractivity contribution in [3.63, 3.8) is 0 Å². The van der Waals surface area contributed by atoms with Crippen LogP contribution in [0.4, 0.5) is 0 Å². The zero-order chi connectivity index (χ0) is 13.7. The second kappa shape index (κ2) is 5.80. The van der Waals surface area contributed by atoms with Crippen molar-refractivity contribution in [3.05, 3.63) is 57.8 Å². The predicted octanol–water partition coefficient (Wildman–Crippen LogP) is 1.69. The largest absolute Gasteiger partial charge is 0.279 e. The first-order valence-electron chi connectivity index (χ1n) is 5.35. The Hall–Kier alpha value is -2.65. The molecule has 5 nitrogen and oxygen atoms in total. The predicted molar refractivity (Wildman–Crippen MR) is 70.4 cm³/mol. The maximum absolute atomic E-state index is 11.7.